The zero-order valence-corrected chi connectivity index (χ0v) is 25.3. The van der Waals surface area contributed by atoms with Crippen molar-refractivity contribution in [2.24, 2.45) is 0 Å². The van der Waals surface area contributed by atoms with E-state index in [2.05, 4.69) is 13.8 Å². The second-order valence-corrected chi connectivity index (χ2v) is 10.6. The molecule has 0 bridgehead atoms. The topological polar surface area (TPSA) is 57.2 Å². The summed E-state index contributed by atoms with van der Waals surface area (Å²) in [4.78, 5) is -0.0469. The fourth-order valence-corrected chi connectivity index (χ4v) is 5.41. The van der Waals surface area contributed by atoms with Gasteiger partial charge in [-0.1, -0.05) is 115 Å². The smallest absolute Gasteiger partial charge is 0.744 e. The molecule has 2 aromatic rings. The molecule has 2 rings (SSSR count). The molecule has 3 nitrogen and oxygen atoms in total. The Hall–Kier alpha value is 0.246. The van der Waals surface area contributed by atoms with Gasteiger partial charge in [-0.3, -0.25) is 0 Å². The predicted octanol–water partition coefficient (Wildman–Crippen LogP) is 5.33. The first-order valence-corrected chi connectivity index (χ1v) is 14.4. The van der Waals surface area contributed by atoms with Crippen molar-refractivity contribution in [1.29, 1.82) is 0 Å². The summed E-state index contributed by atoms with van der Waals surface area (Å²) < 4.78 is 36.1. The third-order valence-electron chi connectivity index (χ3n) is 6.55. The van der Waals surface area contributed by atoms with Crippen molar-refractivity contribution in [3.8, 4) is 0 Å². The summed E-state index contributed by atoms with van der Waals surface area (Å²) in [7, 11) is -4.50. The van der Waals surface area contributed by atoms with Crippen LogP contribution in [-0.2, 0) is 23.0 Å². The molecule has 0 unspecified atom stereocenters. The van der Waals surface area contributed by atoms with Crippen LogP contribution in [0.25, 0.3) is 10.8 Å². The molecule has 0 atom stereocenters. The monoisotopic (exact) mass is 498 g/mol. The van der Waals surface area contributed by atoms with Crippen molar-refractivity contribution < 1.29 is 64.4 Å². The molecule has 0 fully saturated rings. The largest absolute Gasteiger partial charge is 1.00 e. The Balaban J connectivity index is 0.00000544. The molecule has 0 aromatic heterocycles. The molecule has 0 aliphatic heterocycles. The van der Waals surface area contributed by atoms with Crippen molar-refractivity contribution in [1.82, 2.24) is 0 Å². The number of aryl methyl sites for hydroxylation is 2. The van der Waals surface area contributed by atoms with Crippen LogP contribution in [0.5, 0.6) is 0 Å². The molecule has 0 amide bonds. The molecule has 180 valence electrons. The van der Waals surface area contributed by atoms with Gasteiger partial charge in [0.2, 0.25) is 0 Å². The Bertz CT molecular complexity index is 909. The van der Waals surface area contributed by atoms with Gasteiger partial charge in [0.1, 0.15) is 10.1 Å². The summed E-state index contributed by atoms with van der Waals surface area (Å²) in [6.45, 7) is 4.46. The third-order valence-corrected chi connectivity index (χ3v) is 7.43. The molecule has 0 heterocycles. The summed E-state index contributed by atoms with van der Waals surface area (Å²) in [5.74, 6) is 0. The Kier molecular flexibility index (Phi) is 16.7. The zero-order chi connectivity index (χ0) is 23.2. The maximum Gasteiger partial charge on any atom is 1.00 e. The minimum Gasteiger partial charge on any atom is -0.744 e. The fraction of sp³-hybridized carbons (Fsp3) is 0.643. The van der Waals surface area contributed by atoms with E-state index in [1.165, 1.54) is 76.2 Å². The van der Waals surface area contributed by atoms with Gasteiger partial charge in [-0.25, -0.2) is 8.42 Å². The summed E-state index contributed by atoms with van der Waals surface area (Å²) >= 11 is 0. The van der Waals surface area contributed by atoms with Crippen molar-refractivity contribution in [2.75, 3.05) is 0 Å². The molecule has 0 saturated heterocycles. The number of unbranched alkanes of at least 4 members (excludes halogenated alkanes) is 12. The summed E-state index contributed by atoms with van der Waals surface area (Å²) in [5, 5.41) is 1.63. The molecular formula is C28H43KO3S. The second kappa shape index (κ2) is 17.6. The van der Waals surface area contributed by atoms with E-state index < -0.39 is 10.1 Å². The quantitative estimate of drug-likeness (QED) is 0.168. The van der Waals surface area contributed by atoms with Crippen molar-refractivity contribution in [2.45, 2.75) is 121 Å². The minimum absolute atomic E-state index is 0. The van der Waals surface area contributed by atoms with Gasteiger partial charge in [-0.2, -0.15) is 0 Å². The van der Waals surface area contributed by atoms with E-state index in [-0.39, 0.29) is 56.3 Å². The van der Waals surface area contributed by atoms with Crippen LogP contribution in [0, 0.1) is 0 Å². The van der Waals surface area contributed by atoms with Crippen LogP contribution in [0.2, 0.25) is 0 Å². The zero-order valence-electron chi connectivity index (χ0n) is 21.3. The van der Waals surface area contributed by atoms with Crippen LogP contribution in [0.15, 0.2) is 35.2 Å². The molecule has 2 aromatic carbocycles. The van der Waals surface area contributed by atoms with Crippen LogP contribution in [-0.4, -0.2) is 13.0 Å². The van der Waals surface area contributed by atoms with Gasteiger partial charge >= 0.3 is 51.4 Å². The molecule has 0 aliphatic rings. The molecule has 0 saturated carbocycles. The van der Waals surface area contributed by atoms with E-state index >= 15 is 0 Å². The molecule has 0 radical (unpaired) electrons. The normalized spacial score (nSPS) is 11.6. The molecule has 0 aliphatic carbocycles. The van der Waals surface area contributed by atoms with E-state index in [4.69, 9.17) is 0 Å². The third kappa shape index (κ3) is 11.2. The molecule has 5 heteroatoms. The number of benzene rings is 2. The van der Waals surface area contributed by atoms with E-state index in [9.17, 15) is 13.0 Å². The summed E-state index contributed by atoms with van der Waals surface area (Å²) in [6.07, 6.45) is 19.0. The van der Waals surface area contributed by atoms with E-state index in [1.54, 1.807) is 6.07 Å². The van der Waals surface area contributed by atoms with Crippen LogP contribution >= 0.6 is 0 Å². The molecular weight excluding hydrogens is 455 g/mol. The predicted molar refractivity (Wildman–Crippen MR) is 135 cm³/mol. The summed E-state index contributed by atoms with van der Waals surface area (Å²) in [6, 6.07) is 9.44. The number of fused-ring (bicyclic) bond motifs is 1. The Morgan fingerprint density at radius 2 is 1.12 bits per heavy atom. The number of hydrogen-bond donors (Lipinski definition) is 0. The Morgan fingerprint density at radius 3 is 1.64 bits per heavy atom. The Morgan fingerprint density at radius 1 is 0.636 bits per heavy atom. The van der Waals surface area contributed by atoms with Gasteiger partial charge in [-0.15, -0.1) is 0 Å². The first-order chi connectivity index (χ1) is 15.5. The van der Waals surface area contributed by atoms with Crippen LogP contribution in [0.1, 0.15) is 115 Å². The SMILES string of the molecule is CCCCCCCCCc1ccc(S(=O)(=O)[O-])c2c(CCCCCCCCC)cccc12.[K+]. The standard InChI is InChI=1S/C28H44O3S.K/c1-3-5-7-9-11-13-15-18-24-22-23-27(32(29,30)31)28-25(20-17-21-26(24)28)19-16-14-12-10-8-6-4-2;/h17,20-23H,3-16,18-19H2,1-2H3,(H,29,30,31);/q;+1/p-1. The average molecular weight is 499 g/mol. The molecule has 0 N–H and O–H groups in total. The van der Waals surface area contributed by atoms with Gasteiger partial charge in [0.05, 0.1) is 4.90 Å². The number of hydrogen-bond acceptors (Lipinski definition) is 3. The maximum absolute atomic E-state index is 12.0. The molecule has 33 heavy (non-hydrogen) atoms. The van der Waals surface area contributed by atoms with Crippen LogP contribution in [0.3, 0.4) is 0 Å². The van der Waals surface area contributed by atoms with Crippen LogP contribution < -0.4 is 51.4 Å². The molecule has 0 spiro atoms. The average Bonchev–Trinajstić information content (AvgIpc) is 2.77. The van der Waals surface area contributed by atoms with Crippen LogP contribution in [0.4, 0.5) is 0 Å². The van der Waals surface area contributed by atoms with E-state index in [1.807, 2.05) is 24.3 Å². The van der Waals surface area contributed by atoms with Gasteiger partial charge in [0.15, 0.2) is 0 Å². The van der Waals surface area contributed by atoms with Gasteiger partial charge in [0, 0.05) is 5.39 Å². The van der Waals surface area contributed by atoms with Crippen molar-refractivity contribution in [3.05, 3.63) is 41.5 Å². The first-order valence-electron chi connectivity index (χ1n) is 13.0. The fourth-order valence-electron chi connectivity index (χ4n) is 4.69. The second-order valence-electron chi connectivity index (χ2n) is 9.26. The minimum atomic E-state index is -4.50. The van der Waals surface area contributed by atoms with E-state index in [0.717, 1.165) is 43.1 Å². The van der Waals surface area contributed by atoms with Crippen molar-refractivity contribution in [3.63, 3.8) is 0 Å². The van der Waals surface area contributed by atoms with Gasteiger partial charge in [-0.05, 0) is 48.3 Å². The van der Waals surface area contributed by atoms with Crippen molar-refractivity contribution >= 4 is 20.9 Å². The van der Waals surface area contributed by atoms with Gasteiger partial charge < -0.3 is 4.55 Å². The summed E-state index contributed by atoms with van der Waals surface area (Å²) in [5.41, 5.74) is 2.18. The van der Waals surface area contributed by atoms with E-state index in [0.29, 0.717) is 5.39 Å². The number of rotatable bonds is 17. The Labute approximate surface area is 245 Å². The van der Waals surface area contributed by atoms with Gasteiger partial charge in [0.25, 0.3) is 0 Å². The first kappa shape index (κ1) is 31.3. The maximum atomic E-state index is 12.0.